The predicted molar refractivity (Wildman–Crippen MR) is 110 cm³/mol. The van der Waals surface area contributed by atoms with Crippen LogP contribution in [0.5, 0.6) is 0 Å². The first kappa shape index (κ1) is 20.5. The Morgan fingerprint density at radius 2 is 1.66 bits per heavy atom. The zero-order chi connectivity index (χ0) is 20.6. The summed E-state index contributed by atoms with van der Waals surface area (Å²) in [6.45, 7) is 1.56. The molecule has 1 atom stereocenters. The van der Waals surface area contributed by atoms with E-state index in [1.54, 1.807) is 0 Å². The number of nitrogens with one attached hydrogen (secondary N) is 2. The van der Waals surface area contributed by atoms with Crippen molar-refractivity contribution in [3.8, 4) is 0 Å². The maximum Gasteiger partial charge on any atom is 0.237 e. The molecule has 2 aromatic rings. The van der Waals surface area contributed by atoms with Crippen LogP contribution in [-0.2, 0) is 14.4 Å². The molecular formula is C22H26N4O3. The Morgan fingerprint density at radius 1 is 1.07 bits per heavy atom. The summed E-state index contributed by atoms with van der Waals surface area (Å²) in [6.07, 6.45) is -0.0184. The van der Waals surface area contributed by atoms with Gasteiger partial charge >= 0.3 is 0 Å². The van der Waals surface area contributed by atoms with Crippen LogP contribution in [0.4, 0.5) is 0 Å². The van der Waals surface area contributed by atoms with E-state index in [2.05, 4.69) is 34.9 Å². The van der Waals surface area contributed by atoms with Gasteiger partial charge in [0.1, 0.15) is 0 Å². The normalized spacial score (nSPS) is 17.0. The van der Waals surface area contributed by atoms with E-state index in [-0.39, 0.29) is 30.7 Å². The Balaban J connectivity index is 1.80. The third-order valence-corrected chi connectivity index (χ3v) is 5.10. The average Bonchev–Trinajstić information content (AvgIpc) is 2.74. The van der Waals surface area contributed by atoms with Crippen LogP contribution in [0.3, 0.4) is 0 Å². The molecule has 0 saturated carbocycles. The fraction of sp³-hybridized carbons (Fsp3) is 0.318. The van der Waals surface area contributed by atoms with Crippen LogP contribution in [-0.4, -0.2) is 54.8 Å². The number of hydrogen-bond acceptors (Lipinski definition) is 4. The summed E-state index contributed by atoms with van der Waals surface area (Å²) >= 11 is 0. The van der Waals surface area contributed by atoms with Crippen molar-refractivity contribution in [3.05, 3.63) is 71.8 Å². The topological polar surface area (TPSA) is 105 Å². The Bertz CT molecular complexity index is 802. The van der Waals surface area contributed by atoms with Gasteiger partial charge in [-0.15, -0.1) is 0 Å². The number of hydrogen-bond donors (Lipinski definition) is 3. The van der Waals surface area contributed by atoms with Crippen LogP contribution in [0.1, 0.15) is 23.5 Å². The van der Waals surface area contributed by atoms with E-state index in [9.17, 15) is 14.4 Å². The largest absolute Gasteiger partial charge is 0.368 e. The van der Waals surface area contributed by atoms with E-state index in [4.69, 9.17) is 5.73 Å². The molecule has 2 aromatic carbocycles. The first-order valence-electron chi connectivity index (χ1n) is 9.71. The molecule has 152 valence electrons. The molecule has 0 bridgehead atoms. The number of primary amides is 1. The van der Waals surface area contributed by atoms with Crippen molar-refractivity contribution >= 4 is 17.7 Å². The molecule has 7 heteroatoms. The lowest BCUT2D eigenvalue weighted by molar-refractivity contribution is -0.134. The number of nitrogens with two attached hydrogens (primary N) is 1. The summed E-state index contributed by atoms with van der Waals surface area (Å²) in [5.74, 6) is -1.09. The van der Waals surface area contributed by atoms with Crippen LogP contribution >= 0.6 is 0 Å². The van der Waals surface area contributed by atoms with Crippen LogP contribution in [0.15, 0.2) is 60.7 Å². The Kier molecular flexibility index (Phi) is 6.97. The van der Waals surface area contributed by atoms with Crippen molar-refractivity contribution in [2.45, 2.75) is 18.4 Å². The van der Waals surface area contributed by atoms with Gasteiger partial charge in [-0.05, 0) is 11.1 Å². The minimum absolute atomic E-state index is 0.0184. The summed E-state index contributed by atoms with van der Waals surface area (Å²) in [4.78, 5) is 37.7. The highest BCUT2D eigenvalue weighted by Crippen LogP contribution is 2.27. The molecule has 29 heavy (non-hydrogen) atoms. The first-order chi connectivity index (χ1) is 14.0. The molecule has 1 aliphatic heterocycles. The third kappa shape index (κ3) is 5.65. The number of carbonyl (C=O) groups excluding carboxylic acids is 3. The number of rotatable bonds is 8. The zero-order valence-corrected chi connectivity index (χ0v) is 16.2. The van der Waals surface area contributed by atoms with Gasteiger partial charge in [-0.3, -0.25) is 19.3 Å². The van der Waals surface area contributed by atoms with Crippen LogP contribution in [0.2, 0.25) is 0 Å². The number of piperazine rings is 1. The van der Waals surface area contributed by atoms with Crippen molar-refractivity contribution in [1.29, 1.82) is 0 Å². The van der Waals surface area contributed by atoms with Crippen LogP contribution in [0, 0.1) is 0 Å². The molecule has 0 unspecified atom stereocenters. The van der Waals surface area contributed by atoms with E-state index in [0.717, 1.165) is 11.1 Å². The highest BCUT2D eigenvalue weighted by Gasteiger charge is 2.33. The van der Waals surface area contributed by atoms with E-state index in [0.29, 0.717) is 19.6 Å². The monoisotopic (exact) mass is 394 g/mol. The Labute approximate surface area is 170 Å². The first-order valence-corrected chi connectivity index (χ1v) is 9.71. The number of nitrogens with zero attached hydrogens (tertiary/aromatic N) is 1. The maximum atomic E-state index is 12.5. The van der Waals surface area contributed by atoms with Crippen molar-refractivity contribution < 1.29 is 14.4 Å². The Morgan fingerprint density at radius 3 is 2.21 bits per heavy atom. The minimum Gasteiger partial charge on any atom is -0.368 e. The molecule has 3 amide bonds. The van der Waals surface area contributed by atoms with Gasteiger partial charge in [-0.2, -0.15) is 0 Å². The SMILES string of the molecule is NC(=O)CNC(=O)C[C@@H]1C(=O)NCCN1CC(c1ccccc1)c1ccccc1. The lowest BCUT2D eigenvalue weighted by Gasteiger charge is -2.37. The molecule has 1 saturated heterocycles. The van der Waals surface area contributed by atoms with Crippen molar-refractivity contribution in [2.75, 3.05) is 26.2 Å². The smallest absolute Gasteiger partial charge is 0.237 e. The fourth-order valence-electron chi connectivity index (χ4n) is 3.64. The lowest BCUT2D eigenvalue weighted by atomic mass is 9.90. The summed E-state index contributed by atoms with van der Waals surface area (Å²) in [5.41, 5.74) is 7.39. The highest BCUT2D eigenvalue weighted by atomic mass is 16.2. The van der Waals surface area contributed by atoms with Crippen molar-refractivity contribution in [2.24, 2.45) is 5.73 Å². The third-order valence-electron chi connectivity index (χ3n) is 5.10. The summed E-state index contributed by atoms with van der Waals surface area (Å²) < 4.78 is 0. The zero-order valence-electron chi connectivity index (χ0n) is 16.2. The molecule has 0 radical (unpaired) electrons. The molecule has 1 aliphatic rings. The second-order valence-corrected chi connectivity index (χ2v) is 7.12. The van der Waals surface area contributed by atoms with Crippen LogP contribution < -0.4 is 16.4 Å². The quantitative estimate of drug-likeness (QED) is 0.610. The standard InChI is InChI=1S/C22H26N4O3/c23-20(27)14-25-21(28)13-19-22(29)24-11-12-26(19)15-18(16-7-3-1-4-8-16)17-9-5-2-6-10-17/h1-10,18-19H,11-15H2,(H2,23,27)(H,24,29)(H,25,28)/t19-/m1/s1. The molecule has 0 spiro atoms. The number of carbonyl (C=O) groups is 3. The van der Waals surface area contributed by atoms with Gasteiger partial charge in [0.2, 0.25) is 17.7 Å². The van der Waals surface area contributed by atoms with Gasteiger partial charge in [0, 0.05) is 25.6 Å². The second-order valence-electron chi connectivity index (χ2n) is 7.12. The van der Waals surface area contributed by atoms with Crippen molar-refractivity contribution in [1.82, 2.24) is 15.5 Å². The molecule has 1 heterocycles. The molecule has 0 aromatic heterocycles. The van der Waals surface area contributed by atoms with Gasteiger partial charge in [0.05, 0.1) is 19.0 Å². The van der Waals surface area contributed by atoms with Crippen LogP contribution in [0.25, 0.3) is 0 Å². The number of benzene rings is 2. The van der Waals surface area contributed by atoms with Gasteiger partial charge in [-0.25, -0.2) is 0 Å². The van der Waals surface area contributed by atoms with E-state index in [1.165, 1.54) is 0 Å². The van der Waals surface area contributed by atoms with E-state index in [1.807, 2.05) is 41.3 Å². The van der Waals surface area contributed by atoms with Gasteiger partial charge in [-0.1, -0.05) is 60.7 Å². The van der Waals surface area contributed by atoms with Gasteiger partial charge < -0.3 is 16.4 Å². The summed E-state index contributed by atoms with van der Waals surface area (Å²) in [5, 5.41) is 5.30. The molecule has 7 nitrogen and oxygen atoms in total. The molecule has 0 aliphatic carbocycles. The summed E-state index contributed by atoms with van der Waals surface area (Å²) in [7, 11) is 0. The average molecular weight is 394 g/mol. The molecule has 3 rings (SSSR count). The van der Waals surface area contributed by atoms with Gasteiger partial charge in [0.15, 0.2) is 0 Å². The maximum absolute atomic E-state index is 12.5. The lowest BCUT2D eigenvalue weighted by Crippen LogP contribution is -2.57. The minimum atomic E-state index is -0.614. The fourth-order valence-corrected chi connectivity index (χ4v) is 3.64. The highest BCUT2D eigenvalue weighted by molar-refractivity contribution is 5.90. The van der Waals surface area contributed by atoms with E-state index < -0.39 is 11.9 Å². The number of amides is 3. The molecule has 4 N–H and O–H groups in total. The molecule has 1 fully saturated rings. The van der Waals surface area contributed by atoms with Crippen molar-refractivity contribution in [3.63, 3.8) is 0 Å². The predicted octanol–water partition coefficient (Wildman–Crippen LogP) is 0.611. The Hall–Kier alpha value is -3.19. The molecular weight excluding hydrogens is 368 g/mol. The van der Waals surface area contributed by atoms with Gasteiger partial charge in [0.25, 0.3) is 0 Å². The van der Waals surface area contributed by atoms with E-state index >= 15 is 0 Å². The summed E-state index contributed by atoms with van der Waals surface area (Å²) in [6, 6.07) is 19.7. The second kappa shape index (κ2) is 9.84.